The molecule has 0 saturated carbocycles. The van der Waals surface area contributed by atoms with E-state index in [1.54, 1.807) is 0 Å². The molecule has 2 aromatic carbocycles. The van der Waals surface area contributed by atoms with E-state index in [1.165, 1.54) is 30.3 Å². The van der Waals surface area contributed by atoms with Crippen LogP contribution in [-0.4, -0.2) is 78.7 Å². The summed E-state index contributed by atoms with van der Waals surface area (Å²) < 4.78 is 29.8. The largest absolute Gasteiger partial charge is 0.398 e. The molecule has 1 fully saturated rings. The highest BCUT2D eigenvalue weighted by atomic mass is 35.5. The van der Waals surface area contributed by atoms with Gasteiger partial charge in [0.1, 0.15) is 6.04 Å². The van der Waals surface area contributed by atoms with Crippen LogP contribution in [0.5, 0.6) is 0 Å². The van der Waals surface area contributed by atoms with E-state index < -0.39 is 58.1 Å². The number of halogens is 3. The van der Waals surface area contributed by atoms with Gasteiger partial charge in [-0.3, -0.25) is 24.5 Å². The highest BCUT2D eigenvalue weighted by Crippen LogP contribution is 2.39. The molecule has 1 N–H and O–H groups in total. The first-order valence-corrected chi connectivity index (χ1v) is 11.1. The second-order valence-electron chi connectivity index (χ2n) is 8.99. The summed E-state index contributed by atoms with van der Waals surface area (Å²) in [6.07, 6.45) is -0.407. The van der Waals surface area contributed by atoms with E-state index in [9.17, 15) is 28.0 Å². The number of rotatable bonds is 5. The number of carbonyl (C=O) groups excluding carboxylic acids is 4. The summed E-state index contributed by atoms with van der Waals surface area (Å²) >= 11 is 5.72. The van der Waals surface area contributed by atoms with E-state index in [-0.39, 0.29) is 33.1 Å². The Morgan fingerprint density at radius 1 is 1.08 bits per heavy atom. The molecule has 0 spiro atoms. The Hall–Kier alpha value is -3.01. The molecule has 0 bridgehead atoms. The summed E-state index contributed by atoms with van der Waals surface area (Å²) in [4.78, 5) is 50.9. The fourth-order valence-electron chi connectivity index (χ4n) is 4.34. The summed E-state index contributed by atoms with van der Waals surface area (Å²) in [5.41, 5.74) is -0.353. The predicted octanol–water partition coefficient (Wildman–Crippen LogP) is 0.315. The van der Waals surface area contributed by atoms with Gasteiger partial charge in [0.15, 0.2) is 0 Å². The van der Waals surface area contributed by atoms with Crippen molar-refractivity contribution in [2.75, 3.05) is 0 Å². The minimum absolute atomic E-state index is 0.00284. The number of hydrogen-bond donors (Lipinski definition) is 1. The quantitative estimate of drug-likeness (QED) is 0.464. The number of alkyl halides is 2. The average molecular weight is 511 g/mol. The summed E-state index contributed by atoms with van der Waals surface area (Å²) in [6.45, 7) is -0.194. The van der Waals surface area contributed by atoms with Crippen LogP contribution in [0.15, 0.2) is 42.5 Å². The monoisotopic (exact) mass is 511 g/mol. The molecule has 2 aliphatic heterocycles. The number of hydrogen-bond acceptors (Lipinski definition) is 4. The number of piperidine rings is 1. The van der Waals surface area contributed by atoms with Gasteiger partial charge < -0.3 is 9.71 Å². The van der Waals surface area contributed by atoms with Crippen molar-refractivity contribution in [3.63, 3.8) is 0 Å². The summed E-state index contributed by atoms with van der Waals surface area (Å²) in [5.74, 6) is -8.14. The number of benzene rings is 2. The van der Waals surface area contributed by atoms with Gasteiger partial charge in [-0.15, -0.1) is 0 Å². The maximum atomic E-state index is 14.9. The molecule has 37 heavy (non-hydrogen) atoms. The molecular weight excluding hydrogens is 498 g/mol. The highest BCUT2D eigenvalue weighted by Gasteiger charge is 2.49. The van der Waals surface area contributed by atoms with E-state index in [2.05, 4.69) is 5.32 Å². The topological polar surface area (TPSA) is 86.8 Å². The third-order valence-corrected chi connectivity index (χ3v) is 6.54. The second kappa shape index (κ2) is 9.08. The Kier molecular flexibility index (Phi) is 6.63. The molecule has 15 heteroatoms. The van der Waals surface area contributed by atoms with Gasteiger partial charge in [0, 0.05) is 29.1 Å². The van der Waals surface area contributed by atoms with Crippen LogP contribution in [0, 0.1) is 0 Å². The first kappa shape index (κ1) is 27.0. The van der Waals surface area contributed by atoms with Gasteiger partial charge >= 0.3 is 5.92 Å². The maximum absolute atomic E-state index is 14.9. The number of amides is 4. The molecule has 2 aliphatic rings. The van der Waals surface area contributed by atoms with Crippen molar-refractivity contribution >= 4 is 74.6 Å². The summed E-state index contributed by atoms with van der Waals surface area (Å²) in [5, 5.41) is -1.99. The standard InChI is InChI=1S/C22H13B5ClF2N3O4/c23-20(24)8-15(34)31-17(35)16(20)32-9-10-7-12(3-6-14(10)18(32)36)22(25,26)33(27)19(37)21(29,30)11-1-4-13(28)5-2-11/h1-7,16H,8-9H2,(H,31,34,35). The van der Waals surface area contributed by atoms with E-state index in [0.29, 0.717) is 0 Å². The van der Waals surface area contributed by atoms with Crippen LogP contribution in [0.3, 0.4) is 0 Å². The lowest BCUT2D eigenvalue weighted by molar-refractivity contribution is -0.155. The van der Waals surface area contributed by atoms with Crippen LogP contribution in [0.2, 0.25) is 10.2 Å². The Balaban J connectivity index is 1.61. The minimum Gasteiger partial charge on any atom is -0.398 e. The minimum atomic E-state index is -4.09. The molecule has 176 valence electrons. The number of imide groups is 1. The van der Waals surface area contributed by atoms with Crippen molar-refractivity contribution in [2.45, 2.75) is 35.5 Å². The van der Waals surface area contributed by atoms with E-state index in [1.807, 2.05) is 0 Å². The number of fused-ring (bicyclic) bond motifs is 1. The van der Waals surface area contributed by atoms with Gasteiger partial charge in [-0.1, -0.05) is 41.1 Å². The Labute approximate surface area is 222 Å². The highest BCUT2D eigenvalue weighted by molar-refractivity contribution is 6.44. The molecule has 1 atom stereocenters. The Morgan fingerprint density at radius 3 is 2.27 bits per heavy atom. The van der Waals surface area contributed by atoms with Crippen LogP contribution < -0.4 is 5.32 Å². The zero-order valence-corrected chi connectivity index (χ0v) is 19.8. The number of carbonyl (C=O) groups is 4. The molecule has 2 heterocycles. The van der Waals surface area contributed by atoms with E-state index >= 15 is 0 Å². The molecule has 2 aromatic rings. The average Bonchev–Trinajstić information content (AvgIpc) is 3.12. The van der Waals surface area contributed by atoms with Gasteiger partial charge in [-0.05, 0) is 34.7 Å². The van der Waals surface area contributed by atoms with E-state index in [4.69, 9.17) is 51.0 Å². The van der Waals surface area contributed by atoms with Gasteiger partial charge in [0.2, 0.25) is 19.8 Å². The van der Waals surface area contributed by atoms with Crippen molar-refractivity contribution in [3.8, 4) is 0 Å². The molecule has 0 aliphatic carbocycles. The first-order chi connectivity index (χ1) is 17.1. The fourth-order valence-corrected chi connectivity index (χ4v) is 4.47. The van der Waals surface area contributed by atoms with Crippen molar-refractivity contribution in [2.24, 2.45) is 0 Å². The molecule has 10 radical (unpaired) electrons. The van der Waals surface area contributed by atoms with E-state index in [0.717, 1.165) is 17.0 Å². The SMILES string of the molecule is [B]N(C(=O)C(F)(F)c1ccc(Cl)cc1)C([B])([B])c1ccc2c(c1)CN(C1C(=O)NC(=O)CC1([B])[B])C2=O. The van der Waals surface area contributed by atoms with Crippen molar-refractivity contribution < 1.29 is 28.0 Å². The van der Waals surface area contributed by atoms with Gasteiger partial charge in [0.25, 0.3) is 11.8 Å². The lowest BCUT2D eigenvalue weighted by atomic mass is 9.47. The molecule has 1 saturated heterocycles. The Bertz CT molecular complexity index is 1330. The molecule has 4 rings (SSSR count). The fraction of sp³-hybridized carbons (Fsp3) is 0.273. The number of nitrogens with zero attached hydrogens (tertiary/aromatic N) is 2. The number of nitrogens with one attached hydrogen (secondary N) is 1. The molecular formula is C22H13B5ClF2N3O4. The third kappa shape index (κ3) is 4.60. The molecule has 0 aromatic heterocycles. The third-order valence-electron chi connectivity index (χ3n) is 6.29. The van der Waals surface area contributed by atoms with Crippen LogP contribution in [-0.2, 0) is 32.2 Å². The lowest BCUT2D eigenvalue weighted by Gasteiger charge is -2.42. The maximum Gasteiger partial charge on any atom is 0.348 e. The first-order valence-electron chi connectivity index (χ1n) is 10.7. The van der Waals surface area contributed by atoms with Crippen molar-refractivity contribution in [1.82, 2.24) is 15.0 Å². The zero-order valence-electron chi connectivity index (χ0n) is 19.1. The normalized spacial score (nSPS) is 19.4. The predicted molar refractivity (Wildman–Crippen MR) is 133 cm³/mol. The van der Waals surface area contributed by atoms with Gasteiger partial charge in [0.05, 0.1) is 31.4 Å². The van der Waals surface area contributed by atoms with Crippen LogP contribution in [0.4, 0.5) is 8.78 Å². The van der Waals surface area contributed by atoms with Crippen molar-refractivity contribution in [3.05, 3.63) is 69.7 Å². The van der Waals surface area contributed by atoms with Gasteiger partial charge in [-0.25, -0.2) is 0 Å². The van der Waals surface area contributed by atoms with Crippen LogP contribution in [0.1, 0.15) is 33.5 Å². The zero-order chi connectivity index (χ0) is 27.5. The van der Waals surface area contributed by atoms with Crippen LogP contribution in [0.25, 0.3) is 0 Å². The lowest BCUT2D eigenvalue weighted by Crippen LogP contribution is -2.60. The van der Waals surface area contributed by atoms with Gasteiger partial charge in [-0.2, -0.15) is 8.78 Å². The second-order valence-corrected chi connectivity index (χ2v) is 9.43. The van der Waals surface area contributed by atoms with Crippen molar-refractivity contribution in [1.29, 1.82) is 0 Å². The Morgan fingerprint density at radius 2 is 1.68 bits per heavy atom. The van der Waals surface area contributed by atoms with Crippen LogP contribution >= 0.6 is 11.6 Å². The smallest absolute Gasteiger partial charge is 0.348 e. The molecule has 1 unspecified atom stereocenters. The summed E-state index contributed by atoms with van der Waals surface area (Å²) in [7, 11) is 29.7. The molecule has 4 amide bonds. The molecule has 7 nitrogen and oxygen atoms in total. The summed E-state index contributed by atoms with van der Waals surface area (Å²) in [6, 6.07) is 6.72.